The summed E-state index contributed by atoms with van der Waals surface area (Å²) >= 11 is 0. The highest BCUT2D eigenvalue weighted by Crippen LogP contribution is 2.34. The van der Waals surface area contributed by atoms with Crippen LogP contribution in [0, 0.1) is 0 Å². The number of fused-ring (bicyclic) bond motifs is 3. The zero-order chi connectivity index (χ0) is 16.0. The van der Waals surface area contributed by atoms with E-state index in [0.29, 0.717) is 0 Å². The van der Waals surface area contributed by atoms with E-state index in [0.717, 1.165) is 18.9 Å². The molecule has 0 aliphatic carbocycles. The number of nitrogens with zero attached hydrogens (tertiary/aromatic N) is 2. The van der Waals surface area contributed by atoms with Gasteiger partial charge in [-0.05, 0) is 28.2 Å². The summed E-state index contributed by atoms with van der Waals surface area (Å²) in [6, 6.07) is 17.5. The Balaban J connectivity index is 1.80. The maximum Gasteiger partial charge on any atom is 0.136 e. The van der Waals surface area contributed by atoms with Crippen LogP contribution in [0.25, 0.3) is 11.8 Å². The van der Waals surface area contributed by atoms with Crippen LogP contribution in [0.1, 0.15) is 43.0 Å². The van der Waals surface area contributed by atoms with Crippen molar-refractivity contribution < 1.29 is 0 Å². The number of hydrogen-bond donors (Lipinski definition) is 0. The van der Waals surface area contributed by atoms with Crippen LogP contribution in [-0.2, 0) is 5.41 Å². The summed E-state index contributed by atoms with van der Waals surface area (Å²) in [5.74, 6) is 1.12. The lowest BCUT2D eigenvalue weighted by Crippen LogP contribution is -2.30. The highest BCUT2D eigenvalue weighted by atomic mass is 15.3. The summed E-state index contributed by atoms with van der Waals surface area (Å²) in [5, 5.41) is 0. The number of aliphatic imine (C=N–C) groups is 1. The molecule has 4 rings (SSSR count). The molecule has 2 nitrogen and oxygen atoms in total. The van der Waals surface area contributed by atoms with Crippen molar-refractivity contribution in [2.24, 2.45) is 4.99 Å². The lowest BCUT2D eigenvalue weighted by Gasteiger charge is -2.29. The molecule has 2 aliphatic rings. The maximum atomic E-state index is 4.73. The standard InChI is InChI=1S/C21H22N2/c1-21(2,3)17-10-8-15(9-11-17)19-14-16-6-4-5-7-18(16)20-22-12-13-23(19)20/h4-11,14H,12-13H2,1-3H3. The lowest BCUT2D eigenvalue weighted by atomic mass is 9.86. The fraction of sp³-hybridized carbons (Fsp3) is 0.286. The van der Waals surface area contributed by atoms with Crippen LogP contribution >= 0.6 is 0 Å². The van der Waals surface area contributed by atoms with Crippen molar-refractivity contribution in [3.8, 4) is 0 Å². The third-order valence-electron chi connectivity index (χ3n) is 4.67. The van der Waals surface area contributed by atoms with E-state index >= 15 is 0 Å². The summed E-state index contributed by atoms with van der Waals surface area (Å²) < 4.78 is 0. The van der Waals surface area contributed by atoms with Crippen molar-refractivity contribution >= 4 is 17.6 Å². The summed E-state index contributed by atoms with van der Waals surface area (Å²) in [4.78, 5) is 7.09. The molecular formula is C21H22N2. The number of hydrogen-bond acceptors (Lipinski definition) is 2. The van der Waals surface area contributed by atoms with Crippen LogP contribution in [0.3, 0.4) is 0 Å². The van der Waals surface area contributed by atoms with Crippen LogP contribution in [0.15, 0.2) is 53.5 Å². The molecule has 0 atom stereocenters. The van der Waals surface area contributed by atoms with Gasteiger partial charge in [-0.3, -0.25) is 4.99 Å². The second kappa shape index (κ2) is 5.09. The van der Waals surface area contributed by atoms with Gasteiger partial charge in [0.05, 0.1) is 12.2 Å². The SMILES string of the molecule is CC(C)(C)c1ccc(C2=Cc3ccccc3C3=NCCN23)cc1. The molecule has 2 aromatic carbocycles. The van der Waals surface area contributed by atoms with Gasteiger partial charge < -0.3 is 4.90 Å². The number of rotatable bonds is 1. The van der Waals surface area contributed by atoms with Gasteiger partial charge in [-0.2, -0.15) is 0 Å². The minimum atomic E-state index is 0.187. The van der Waals surface area contributed by atoms with E-state index in [9.17, 15) is 0 Å². The zero-order valence-electron chi connectivity index (χ0n) is 14.0. The van der Waals surface area contributed by atoms with Gasteiger partial charge in [-0.15, -0.1) is 0 Å². The Hall–Kier alpha value is -2.35. The molecule has 0 bridgehead atoms. The van der Waals surface area contributed by atoms with Crippen molar-refractivity contribution in [2.45, 2.75) is 26.2 Å². The molecule has 0 N–H and O–H groups in total. The molecule has 2 heterocycles. The average molecular weight is 302 g/mol. The molecule has 0 saturated carbocycles. The van der Waals surface area contributed by atoms with Gasteiger partial charge in [0, 0.05) is 12.1 Å². The Morgan fingerprint density at radius 2 is 1.70 bits per heavy atom. The summed E-state index contributed by atoms with van der Waals surface area (Å²) in [6.45, 7) is 8.60. The predicted octanol–water partition coefficient (Wildman–Crippen LogP) is 4.56. The predicted molar refractivity (Wildman–Crippen MR) is 97.6 cm³/mol. The van der Waals surface area contributed by atoms with E-state index in [1.54, 1.807) is 0 Å². The molecule has 23 heavy (non-hydrogen) atoms. The molecule has 0 saturated heterocycles. The number of amidine groups is 1. The van der Waals surface area contributed by atoms with Gasteiger partial charge in [0.25, 0.3) is 0 Å². The Bertz CT molecular complexity index is 804. The second-order valence-electron chi connectivity index (χ2n) is 7.30. The van der Waals surface area contributed by atoms with E-state index in [1.807, 2.05) is 0 Å². The van der Waals surface area contributed by atoms with Crippen LogP contribution in [0.5, 0.6) is 0 Å². The quantitative estimate of drug-likeness (QED) is 0.754. The van der Waals surface area contributed by atoms with Gasteiger partial charge in [0.1, 0.15) is 5.84 Å². The van der Waals surface area contributed by atoms with Gasteiger partial charge in [0.15, 0.2) is 0 Å². The minimum absolute atomic E-state index is 0.187. The molecule has 116 valence electrons. The Morgan fingerprint density at radius 3 is 2.43 bits per heavy atom. The normalized spacial score (nSPS) is 16.6. The topological polar surface area (TPSA) is 15.6 Å². The second-order valence-corrected chi connectivity index (χ2v) is 7.30. The van der Waals surface area contributed by atoms with Crippen molar-refractivity contribution in [2.75, 3.05) is 13.1 Å². The molecule has 0 fully saturated rings. The zero-order valence-corrected chi connectivity index (χ0v) is 14.0. The number of benzene rings is 2. The Kier molecular flexibility index (Phi) is 3.15. The van der Waals surface area contributed by atoms with Gasteiger partial charge in [-0.25, -0.2) is 0 Å². The Morgan fingerprint density at radius 1 is 0.957 bits per heavy atom. The highest BCUT2D eigenvalue weighted by Gasteiger charge is 2.28. The van der Waals surface area contributed by atoms with Gasteiger partial charge in [0.2, 0.25) is 0 Å². The molecule has 2 aliphatic heterocycles. The Labute approximate surface area is 138 Å². The molecule has 0 spiro atoms. The molecule has 2 aromatic rings. The molecule has 2 heteroatoms. The fourth-order valence-electron chi connectivity index (χ4n) is 3.34. The molecule has 0 radical (unpaired) electrons. The van der Waals surface area contributed by atoms with Crippen LogP contribution in [0.2, 0.25) is 0 Å². The molecule has 0 aromatic heterocycles. The highest BCUT2D eigenvalue weighted by molar-refractivity contribution is 6.12. The summed E-state index contributed by atoms with van der Waals surface area (Å²) in [7, 11) is 0. The third kappa shape index (κ3) is 2.39. The maximum absolute atomic E-state index is 4.73. The largest absolute Gasteiger partial charge is 0.324 e. The first-order valence-electron chi connectivity index (χ1n) is 8.28. The van der Waals surface area contributed by atoms with Crippen LogP contribution in [-0.4, -0.2) is 23.8 Å². The minimum Gasteiger partial charge on any atom is -0.324 e. The van der Waals surface area contributed by atoms with Crippen molar-refractivity contribution in [3.05, 3.63) is 70.8 Å². The monoisotopic (exact) mass is 302 g/mol. The smallest absolute Gasteiger partial charge is 0.136 e. The van der Waals surface area contributed by atoms with Crippen molar-refractivity contribution in [1.29, 1.82) is 0 Å². The molecule has 0 unspecified atom stereocenters. The van der Waals surface area contributed by atoms with E-state index in [1.165, 1.54) is 28.0 Å². The van der Waals surface area contributed by atoms with Gasteiger partial charge >= 0.3 is 0 Å². The van der Waals surface area contributed by atoms with Crippen molar-refractivity contribution in [3.63, 3.8) is 0 Å². The van der Waals surface area contributed by atoms with Crippen LogP contribution < -0.4 is 0 Å². The third-order valence-corrected chi connectivity index (χ3v) is 4.67. The summed E-state index contributed by atoms with van der Waals surface area (Å²) in [5.41, 5.74) is 6.60. The van der Waals surface area contributed by atoms with E-state index in [4.69, 9.17) is 4.99 Å². The fourth-order valence-corrected chi connectivity index (χ4v) is 3.34. The van der Waals surface area contributed by atoms with Gasteiger partial charge in [-0.1, -0.05) is 69.3 Å². The first-order valence-corrected chi connectivity index (χ1v) is 8.28. The van der Waals surface area contributed by atoms with E-state index in [2.05, 4.69) is 80.3 Å². The van der Waals surface area contributed by atoms with Crippen LogP contribution in [0.4, 0.5) is 0 Å². The van der Waals surface area contributed by atoms with Crippen molar-refractivity contribution in [1.82, 2.24) is 4.90 Å². The first-order chi connectivity index (χ1) is 11.0. The first kappa shape index (κ1) is 14.3. The average Bonchev–Trinajstić information content (AvgIpc) is 3.03. The molecule has 0 amide bonds. The lowest BCUT2D eigenvalue weighted by molar-refractivity contribution is 0.590. The summed E-state index contributed by atoms with van der Waals surface area (Å²) in [6.07, 6.45) is 2.30. The van der Waals surface area contributed by atoms with E-state index < -0.39 is 0 Å². The van der Waals surface area contributed by atoms with E-state index in [-0.39, 0.29) is 5.41 Å². The molecular weight excluding hydrogens is 280 g/mol.